The Balaban J connectivity index is 1.86. The Hall–Kier alpha value is -2.05. The van der Waals surface area contributed by atoms with E-state index in [1.54, 1.807) is 4.90 Å². The van der Waals surface area contributed by atoms with Crippen LogP contribution in [-0.2, 0) is 11.0 Å². The molecule has 1 fully saturated rings. The third kappa shape index (κ3) is 3.99. The Kier molecular flexibility index (Phi) is 5.05. The van der Waals surface area contributed by atoms with Crippen molar-refractivity contribution >= 4 is 11.8 Å². The van der Waals surface area contributed by atoms with Crippen LogP contribution in [0, 0.1) is 0 Å². The molecule has 0 saturated carbocycles. The highest BCUT2D eigenvalue weighted by molar-refractivity contribution is 5.95. The van der Waals surface area contributed by atoms with Crippen molar-refractivity contribution in [2.24, 2.45) is 0 Å². The maximum Gasteiger partial charge on any atom is 0.417 e. The number of alkyl halides is 3. The molecule has 1 N–H and O–H groups in total. The van der Waals surface area contributed by atoms with Gasteiger partial charge in [0.15, 0.2) is 0 Å². The Morgan fingerprint density at radius 3 is 2.64 bits per heavy atom. The molecule has 2 rings (SSSR count). The summed E-state index contributed by atoms with van der Waals surface area (Å²) in [5.74, 6) is -0.658. The third-order valence-corrected chi connectivity index (χ3v) is 3.54. The summed E-state index contributed by atoms with van der Waals surface area (Å²) in [4.78, 5) is 25.0. The average molecular weight is 314 g/mol. The molecule has 7 heteroatoms. The second-order valence-electron chi connectivity index (χ2n) is 5.14. The van der Waals surface area contributed by atoms with E-state index in [9.17, 15) is 22.8 Å². The summed E-state index contributed by atoms with van der Waals surface area (Å²) >= 11 is 0. The van der Waals surface area contributed by atoms with E-state index in [-0.39, 0.29) is 18.0 Å². The molecule has 0 aromatic heterocycles. The zero-order valence-corrected chi connectivity index (χ0v) is 11.9. The quantitative estimate of drug-likeness (QED) is 0.849. The molecule has 1 saturated heterocycles. The molecule has 0 atom stereocenters. The molecule has 1 aliphatic rings. The smallest absolute Gasteiger partial charge is 0.352 e. The average Bonchev–Trinajstić information content (AvgIpc) is 2.88. The lowest BCUT2D eigenvalue weighted by Gasteiger charge is -2.16. The van der Waals surface area contributed by atoms with Crippen molar-refractivity contribution in [2.75, 3.05) is 19.6 Å². The lowest BCUT2D eigenvalue weighted by atomic mass is 10.1. The van der Waals surface area contributed by atoms with Crippen LogP contribution in [0.4, 0.5) is 13.2 Å². The van der Waals surface area contributed by atoms with E-state index in [1.807, 2.05) is 0 Å². The van der Waals surface area contributed by atoms with Gasteiger partial charge in [-0.25, -0.2) is 0 Å². The maximum absolute atomic E-state index is 12.8. The predicted octanol–water partition coefficient (Wildman–Crippen LogP) is 2.45. The normalized spacial score (nSPS) is 15.2. The van der Waals surface area contributed by atoms with E-state index in [4.69, 9.17) is 0 Å². The van der Waals surface area contributed by atoms with Gasteiger partial charge in [0.25, 0.3) is 5.91 Å². The van der Waals surface area contributed by atoms with E-state index in [1.165, 1.54) is 12.1 Å². The molecule has 1 aromatic carbocycles. The van der Waals surface area contributed by atoms with Crippen molar-refractivity contribution in [1.82, 2.24) is 10.2 Å². The van der Waals surface area contributed by atoms with Crippen molar-refractivity contribution in [3.63, 3.8) is 0 Å². The zero-order valence-electron chi connectivity index (χ0n) is 11.9. The van der Waals surface area contributed by atoms with Crippen LogP contribution < -0.4 is 5.32 Å². The van der Waals surface area contributed by atoms with E-state index in [2.05, 4.69) is 5.32 Å². The van der Waals surface area contributed by atoms with Gasteiger partial charge in [0.05, 0.1) is 11.1 Å². The molecule has 0 spiro atoms. The fraction of sp³-hybridized carbons (Fsp3) is 0.467. The highest BCUT2D eigenvalue weighted by Gasteiger charge is 2.34. The fourth-order valence-electron chi connectivity index (χ4n) is 2.44. The predicted molar refractivity (Wildman–Crippen MR) is 74.2 cm³/mol. The van der Waals surface area contributed by atoms with Crippen LogP contribution in [0.3, 0.4) is 0 Å². The number of nitrogens with one attached hydrogen (secondary N) is 1. The van der Waals surface area contributed by atoms with Gasteiger partial charge in [-0.05, 0) is 25.0 Å². The molecule has 1 aromatic rings. The fourth-order valence-corrected chi connectivity index (χ4v) is 2.44. The molecule has 0 bridgehead atoms. The van der Waals surface area contributed by atoms with Gasteiger partial charge in [-0.15, -0.1) is 0 Å². The second-order valence-corrected chi connectivity index (χ2v) is 5.14. The lowest BCUT2D eigenvalue weighted by molar-refractivity contribution is -0.138. The summed E-state index contributed by atoms with van der Waals surface area (Å²) < 4.78 is 38.5. The molecule has 4 nitrogen and oxygen atoms in total. The largest absolute Gasteiger partial charge is 0.417 e. The third-order valence-electron chi connectivity index (χ3n) is 3.54. The van der Waals surface area contributed by atoms with Crippen molar-refractivity contribution in [3.8, 4) is 0 Å². The van der Waals surface area contributed by atoms with Crippen LogP contribution in [0.1, 0.15) is 35.2 Å². The molecule has 2 amide bonds. The highest BCUT2D eigenvalue weighted by Crippen LogP contribution is 2.31. The van der Waals surface area contributed by atoms with E-state index in [0.29, 0.717) is 25.9 Å². The van der Waals surface area contributed by atoms with Gasteiger partial charge in [-0.3, -0.25) is 9.59 Å². The van der Waals surface area contributed by atoms with Gasteiger partial charge in [0.1, 0.15) is 0 Å². The van der Waals surface area contributed by atoms with Crippen molar-refractivity contribution in [1.29, 1.82) is 0 Å². The maximum atomic E-state index is 12.8. The minimum absolute atomic E-state index is 0.0914. The van der Waals surface area contributed by atoms with Gasteiger partial charge in [-0.2, -0.15) is 13.2 Å². The minimum Gasteiger partial charge on any atom is -0.352 e. The highest BCUT2D eigenvalue weighted by atomic mass is 19.4. The van der Waals surface area contributed by atoms with Crippen LogP contribution in [0.15, 0.2) is 24.3 Å². The number of amides is 2. The number of nitrogens with zero attached hydrogens (tertiary/aromatic N) is 1. The van der Waals surface area contributed by atoms with Crippen LogP contribution in [0.25, 0.3) is 0 Å². The van der Waals surface area contributed by atoms with Gasteiger partial charge in [-0.1, -0.05) is 12.1 Å². The SMILES string of the molecule is O=C(NCCCN1CCCC1=O)c1ccccc1C(F)(F)F. The molecular weight excluding hydrogens is 297 g/mol. The molecule has 0 aliphatic carbocycles. The first-order valence-electron chi connectivity index (χ1n) is 7.12. The van der Waals surface area contributed by atoms with E-state index < -0.39 is 17.6 Å². The molecule has 22 heavy (non-hydrogen) atoms. The number of halogens is 3. The van der Waals surface area contributed by atoms with Crippen molar-refractivity contribution < 1.29 is 22.8 Å². The van der Waals surface area contributed by atoms with Gasteiger partial charge in [0, 0.05) is 26.1 Å². The van der Waals surface area contributed by atoms with Crippen LogP contribution in [0.5, 0.6) is 0 Å². The van der Waals surface area contributed by atoms with Crippen LogP contribution in [-0.4, -0.2) is 36.3 Å². The molecule has 1 aliphatic heterocycles. The topological polar surface area (TPSA) is 49.4 Å². The van der Waals surface area contributed by atoms with E-state index in [0.717, 1.165) is 18.6 Å². The molecule has 0 unspecified atom stereocenters. The van der Waals surface area contributed by atoms with Crippen molar-refractivity contribution in [3.05, 3.63) is 35.4 Å². The molecule has 120 valence electrons. The summed E-state index contributed by atoms with van der Waals surface area (Å²) in [6.07, 6.45) is -2.66. The Morgan fingerprint density at radius 1 is 1.27 bits per heavy atom. The van der Waals surface area contributed by atoms with E-state index >= 15 is 0 Å². The first-order valence-corrected chi connectivity index (χ1v) is 7.12. The van der Waals surface area contributed by atoms with Gasteiger partial charge in [0.2, 0.25) is 5.91 Å². The first-order chi connectivity index (χ1) is 10.4. The number of likely N-dealkylation sites (tertiary alicyclic amines) is 1. The standard InChI is InChI=1S/C15H17F3N2O2/c16-15(17,18)12-6-2-1-5-11(12)14(22)19-8-4-10-20-9-3-7-13(20)21/h1-2,5-6H,3-4,7-10H2,(H,19,22). The van der Waals surface area contributed by atoms with Crippen LogP contribution >= 0.6 is 0 Å². The number of carbonyl (C=O) groups excluding carboxylic acids is 2. The minimum atomic E-state index is -4.56. The number of benzene rings is 1. The summed E-state index contributed by atoms with van der Waals surface area (Å²) in [6, 6.07) is 4.69. The molecule has 0 radical (unpaired) electrons. The molecule has 1 heterocycles. The summed E-state index contributed by atoms with van der Waals surface area (Å²) in [5, 5.41) is 2.47. The second kappa shape index (κ2) is 6.81. The zero-order chi connectivity index (χ0) is 16.2. The number of hydrogen-bond donors (Lipinski definition) is 1. The Bertz CT molecular complexity index is 558. The number of rotatable bonds is 5. The summed E-state index contributed by atoms with van der Waals surface area (Å²) in [5.41, 5.74) is -1.32. The monoisotopic (exact) mass is 314 g/mol. The summed E-state index contributed by atoms with van der Waals surface area (Å²) in [6.45, 7) is 1.46. The lowest BCUT2D eigenvalue weighted by Crippen LogP contribution is -2.31. The van der Waals surface area contributed by atoms with Crippen molar-refractivity contribution in [2.45, 2.75) is 25.4 Å². The summed E-state index contributed by atoms with van der Waals surface area (Å²) in [7, 11) is 0. The molecular formula is C15H17F3N2O2. The van der Waals surface area contributed by atoms with Gasteiger partial charge >= 0.3 is 6.18 Å². The Labute approximate surface area is 126 Å². The van der Waals surface area contributed by atoms with Crippen LogP contribution in [0.2, 0.25) is 0 Å². The Morgan fingerprint density at radius 2 is 2.00 bits per heavy atom. The van der Waals surface area contributed by atoms with Gasteiger partial charge < -0.3 is 10.2 Å². The number of hydrogen-bond acceptors (Lipinski definition) is 2. The first kappa shape index (κ1) is 16.3. The number of carbonyl (C=O) groups is 2.